The molecular formula is C18H22N2O3. The van der Waals surface area contributed by atoms with Crippen molar-refractivity contribution in [2.24, 2.45) is 10.7 Å². The van der Waals surface area contributed by atoms with Crippen molar-refractivity contribution in [1.82, 2.24) is 0 Å². The first kappa shape index (κ1) is 18.2. The lowest BCUT2D eigenvalue weighted by molar-refractivity contribution is -0.118. The fraction of sp³-hybridized carbons (Fsp3) is 0.222. The van der Waals surface area contributed by atoms with Crippen LogP contribution < -0.4 is 5.73 Å². The van der Waals surface area contributed by atoms with E-state index in [4.69, 9.17) is 5.73 Å². The number of phenols is 2. The van der Waals surface area contributed by atoms with Crippen molar-refractivity contribution in [3.63, 3.8) is 0 Å². The average Bonchev–Trinajstić information content (AvgIpc) is 2.50. The molecule has 0 heterocycles. The number of rotatable bonds is 8. The Balaban J connectivity index is 2.42. The first-order chi connectivity index (χ1) is 11.0. The second-order valence-corrected chi connectivity index (χ2v) is 5.00. The fourth-order valence-corrected chi connectivity index (χ4v) is 1.66. The van der Waals surface area contributed by atoms with Gasteiger partial charge in [0.15, 0.2) is 11.5 Å². The maximum atomic E-state index is 10.5. The Morgan fingerprint density at radius 1 is 1.26 bits per heavy atom. The highest BCUT2D eigenvalue weighted by Crippen LogP contribution is 2.25. The number of aliphatic imine (C=N–C) groups is 1. The molecule has 0 atom stereocenters. The predicted molar refractivity (Wildman–Crippen MR) is 93.5 cm³/mol. The molecule has 1 amide bonds. The highest BCUT2D eigenvalue weighted by molar-refractivity contribution is 5.74. The molecule has 122 valence electrons. The number of allylic oxidation sites excluding steroid dienone is 5. The van der Waals surface area contributed by atoms with E-state index < -0.39 is 0 Å². The Labute approximate surface area is 136 Å². The SMILES string of the molecule is CC(/C=C/c1ccc(O)c(O)c1)=C\C=C/C=NCCCC(N)=O. The minimum Gasteiger partial charge on any atom is -0.504 e. The van der Waals surface area contributed by atoms with E-state index >= 15 is 0 Å². The normalized spacial score (nSPS) is 12.7. The molecule has 0 saturated carbocycles. The molecule has 23 heavy (non-hydrogen) atoms. The monoisotopic (exact) mass is 314 g/mol. The van der Waals surface area contributed by atoms with Gasteiger partial charge >= 0.3 is 0 Å². The summed E-state index contributed by atoms with van der Waals surface area (Å²) in [5.74, 6) is -0.572. The molecule has 1 rings (SSSR count). The van der Waals surface area contributed by atoms with Gasteiger partial charge in [-0.1, -0.05) is 35.9 Å². The van der Waals surface area contributed by atoms with Crippen molar-refractivity contribution < 1.29 is 15.0 Å². The summed E-state index contributed by atoms with van der Waals surface area (Å²) in [6.45, 7) is 2.53. The van der Waals surface area contributed by atoms with E-state index in [0.717, 1.165) is 11.1 Å². The summed E-state index contributed by atoms with van der Waals surface area (Å²) in [6.07, 6.45) is 12.1. The predicted octanol–water partition coefficient (Wildman–Crippen LogP) is 2.95. The van der Waals surface area contributed by atoms with Crippen LogP contribution in [0.4, 0.5) is 0 Å². The number of primary amides is 1. The van der Waals surface area contributed by atoms with Crippen LogP contribution in [0.3, 0.4) is 0 Å². The van der Waals surface area contributed by atoms with Gasteiger partial charge in [-0.2, -0.15) is 0 Å². The lowest BCUT2D eigenvalue weighted by Crippen LogP contribution is -2.10. The summed E-state index contributed by atoms with van der Waals surface area (Å²) in [5.41, 5.74) is 6.85. The van der Waals surface area contributed by atoms with Gasteiger partial charge in [-0.15, -0.1) is 0 Å². The molecule has 4 N–H and O–H groups in total. The van der Waals surface area contributed by atoms with Crippen molar-refractivity contribution in [3.05, 3.63) is 53.6 Å². The zero-order valence-corrected chi connectivity index (χ0v) is 13.1. The Bertz CT molecular complexity index is 644. The third-order valence-electron chi connectivity index (χ3n) is 2.91. The van der Waals surface area contributed by atoms with Gasteiger partial charge in [0.05, 0.1) is 0 Å². The van der Waals surface area contributed by atoms with Gasteiger partial charge in [-0.05, 0) is 37.1 Å². The van der Waals surface area contributed by atoms with Crippen LogP contribution in [0.2, 0.25) is 0 Å². The molecule has 0 fully saturated rings. The zero-order valence-electron chi connectivity index (χ0n) is 13.1. The third-order valence-corrected chi connectivity index (χ3v) is 2.91. The summed E-state index contributed by atoms with van der Waals surface area (Å²) in [5, 5.41) is 18.6. The molecule has 0 aliphatic rings. The second-order valence-electron chi connectivity index (χ2n) is 5.00. The number of benzene rings is 1. The summed E-state index contributed by atoms with van der Waals surface area (Å²) in [7, 11) is 0. The maximum absolute atomic E-state index is 10.5. The van der Waals surface area contributed by atoms with Crippen molar-refractivity contribution >= 4 is 18.2 Å². The van der Waals surface area contributed by atoms with Gasteiger partial charge in [0.25, 0.3) is 0 Å². The zero-order chi connectivity index (χ0) is 17.1. The summed E-state index contributed by atoms with van der Waals surface area (Å²) in [4.78, 5) is 14.7. The van der Waals surface area contributed by atoms with Gasteiger partial charge < -0.3 is 15.9 Å². The van der Waals surface area contributed by atoms with Crippen LogP contribution in [0.15, 0.2) is 53.1 Å². The van der Waals surface area contributed by atoms with Crippen LogP contribution in [0.5, 0.6) is 11.5 Å². The van der Waals surface area contributed by atoms with E-state index in [1.54, 1.807) is 12.3 Å². The smallest absolute Gasteiger partial charge is 0.217 e. The first-order valence-corrected chi connectivity index (χ1v) is 7.31. The maximum Gasteiger partial charge on any atom is 0.217 e. The van der Waals surface area contributed by atoms with Crippen molar-refractivity contribution in [1.29, 1.82) is 0 Å². The Kier molecular flexibility index (Phi) is 7.92. The van der Waals surface area contributed by atoms with Crippen LogP contribution in [-0.2, 0) is 4.79 Å². The summed E-state index contributed by atoms with van der Waals surface area (Å²) < 4.78 is 0. The molecule has 0 aliphatic carbocycles. The van der Waals surface area contributed by atoms with Crippen LogP contribution in [0.25, 0.3) is 6.08 Å². The topological polar surface area (TPSA) is 95.9 Å². The fourth-order valence-electron chi connectivity index (χ4n) is 1.66. The largest absolute Gasteiger partial charge is 0.504 e. The molecule has 1 aromatic rings. The van der Waals surface area contributed by atoms with Crippen molar-refractivity contribution in [2.45, 2.75) is 19.8 Å². The number of nitrogens with two attached hydrogens (primary N) is 1. The second kappa shape index (κ2) is 10.00. The number of carbonyl (C=O) groups excluding carboxylic acids is 1. The highest BCUT2D eigenvalue weighted by Gasteiger charge is 1.97. The molecule has 0 bridgehead atoms. The van der Waals surface area contributed by atoms with Crippen molar-refractivity contribution in [2.75, 3.05) is 6.54 Å². The van der Waals surface area contributed by atoms with E-state index in [2.05, 4.69) is 4.99 Å². The van der Waals surface area contributed by atoms with Gasteiger partial charge in [0.2, 0.25) is 5.91 Å². The van der Waals surface area contributed by atoms with Crippen LogP contribution in [-0.4, -0.2) is 28.9 Å². The third kappa shape index (κ3) is 8.26. The first-order valence-electron chi connectivity index (χ1n) is 7.31. The molecule has 0 aliphatic heterocycles. The molecule has 1 aromatic carbocycles. The van der Waals surface area contributed by atoms with E-state index in [1.165, 1.54) is 12.1 Å². The number of carbonyl (C=O) groups is 1. The van der Waals surface area contributed by atoms with Gasteiger partial charge in [0.1, 0.15) is 0 Å². The standard InChI is InChI=1S/C18H22N2O3/c1-14(5-2-3-11-20-12-4-6-18(19)23)7-8-15-9-10-16(21)17(22)13-15/h2-3,5,7-11,13,21-22H,4,6,12H2,1H3,(H2,19,23)/b3-2-,8-7+,14-5+,20-11?. The molecule has 0 radical (unpaired) electrons. The molecule has 0 saturated heterocycles. The lowest BCUT2D eigenvalue weighted by atomic mass is 10.1. The molecule has 0 spiro atoms. The molecule has 5 nitrogen and oxygen atoms in total. The summed E-state index contributed by atoms with van der Waals surface area (Å²) in [6, 6.07) is 4.66. The number of aromatic hydroxyl groups is 2. The van der Waals surface area contributed by atoms with E-state index in [-0.39, 0.29) is 17.4 Å². The Morgan fingerprint density at radius 2 is 2.04 bits per heavy atom. The molecule has 0 unspecified atom stereocenters. The molecule has 5 heteroatoms. The number of amides is 1. The van der Waals surface area contributed by atoms with Crippen LogP contribution in [0.1, 0.15) is 25.3 Å². The molecular weight excluding hydrogens is 292 g/mol. The van der Waals surface area contributed by atoms with E-state index in [0.29, 0.717) is 19.4 Å². The molecule has 0 aromatic heterocycles. The minimum atomic E-state index is -0.303. The quantitative estimate of drug-likeness (QED) is 0.298. The summed E-state index contributed by atoms with van der Waals surface area (Å²) >= 11 is 0. The minimum absolute atomic E-state index is 0.132. The van der Waals surface area contributed by atoms with E-state index in [1.807, 2.05) is 37.3 Å². The van der Waals surface area contributed by atoms with Crippen molar-refractivity contribution in [3.8, 4) is 11.5 Å². The average molecular weight is 314 g/mol. The highest BCUT2D eigenvalue weighted by atomic mass is 16.3. The van der Waals surface area contributed by atoms with Crippen LogP contribution >= 0.6 is 0 Å². The number of hydrogen-bond donors (Lipinski definition) is 3. The number of phenolic OH excluding ortho intramolecular Hbond substituents is 2. The van der Waals surface area contributed by atoms with Gasteiger partial charge in [-0.25, -0.2) is 0 Å². The number of hydrogen-bond acceptors (Lipinski definition) is 4. The Hall–Kier alpha value is -2.82. The van der Waals surface area contributed by atoms with Gasteiger partial charge in [-0.3, -0.25) is 9.79 Å². The number of nitrogens with zero attached hydrogens (tertiary/aromatic N) is 1. The van der Waals surface area contributed by atoms with Crippen LogP contribution in [0, 0.1) is 0 Å². The Morgan fingerprint density at radius 3 is 2.74 bits per heavy atom. The van der Waals surface area contributed by atoms with E-state index in [9.17, 15) is 15.0 Å². The van der Waals surface area contributed by atoms with Gasteiger partial charge in [0, 0.05) is 19.2 Å². The lowest BCUT2D eigenvalue weighted by Gasteiger charge is -1.98.